The number of carbonyl (C=O) groups is 1. The molecule has 0 atom stereocenters. The molecule has 5 heteroatoms. The molecule has 0 rings (SSSR count). The molecule has 0 saturated carbocycles. The Balaban J connectivity index is 3.45. The van der Waals surface area contributed by atoms with Gasteiger partial charge < -0.3 is 4.74 Å². The number of hydrogen-bond acceptors (Lipinski definition) is 2. The lowest BCUT2D eigenvalue weighted by Gasteiger charge is -2.10. The number of halogens is 3. The smallest absolute Gasteiger partial charge is 0.344 e. The first kappa shape index (κ1) is 12.9. The highest BCUT2D eigenvalue weighted by Crippen LogP contribution is 2.34. The molecule has 0 radical (unpaired) electrons. The fourth-order valence-electron chi connectivity index (χ4n) is 0.599. The predicted molar refractivity (Wildman–Crippen MR) is 60.0 cm³/mol. The van der Waals surface area contributed by atoms with Crippen molar-refractivity contribution in [3.8, 4) is 0 Å². The van der Waals surface area contributed by atoms with Gasteiger partial charge in [0.2, 0.25) is 2.14 Å². The summed E-state index contributed by atoms with van der Waals surface area (Å²) in [5.74, 6) is -0.349. The van der Waals surface area contributed by atoms with Crippen LogP contribution in [0, 0.1) is 0 Å². The quantitative estimate of drug-likeness (QED) is 0.432. The number of ether oxygens (including phenoxy) is 1. The molecule has 0 bridgehead atoms. The lowest BCUT2D eigenvalue weighted by Crippen LogP contribution is -2.20. The monoisotopic (exact) mass is 364 g/mol. The maximum absolute atomic E-state index is 11.1. The van der Waals surface area contributed by atoms with Crippen LogP contribution in [0.1, 0.15) is 26.2 Å². The van der Waals surface area contributed by atoms with E-state index in [0.29, 0.717) is 6.61 Å². The molecular weight excluding hydrogens is 356 g/mol. The van der Waals surface area contributed by atoms with Gasteiger partial charge in [0, 0.05) is 0 Å². The van der Waals surface area contributed by atoms with Crippen LogP contribution in [0.3, 0.4) is 0 Å². The average Bonchev–Trinajstić information content (AvgIpc) is 1.96. The molecule has 0 saturated heterocycles. The molecule has 2 nitrogen and oxygen atoms in total. The summed E-state index contributed by atoms with van der Waals surface area (Å²) in [4.78, 5) is 11.1. The molecule has 0 aliphatic heterocycles. The maximum atomic E-state index is 11.1. The second-order valence-electron chi connectivity index (χ2n) is 2.34. The van der Waals surface area contributed by atoms with Crippen molar-refractivity contribution >= 4 is 53.8 Å². The minimum atomic E-state index is -0.917. The van der Waals surface area contributed by atoms with Crippen LogP contribution in [0.15, 0.2) is 0 Å². The van der Waals surface area contributed by atoms with Crippen LogP contribution in [0.5, 0.6) is 0 Å². The summed E-state index contributed by atoms with van der Waals surface area (Å²) in [5.41, 5.74) is 0. The van der Waals surface area contributed by atoms with Crippen molar-refractivity contribution in [2.45, 2.75) is 28.3 Å². The Morgan fingerprint density at radius 1 is 1.33 bits per heavy atom. The molecule has 0 aliphatic rings. The second-order valence-corrected chi connectivity index (χ2v) is 9.10. The zero-order chi connectivity index (χ0) is 9.61. The van der Waals surface area contributed by atoms with Gasteiger partial charge in [0.1, 0.15) is 0 Å². The van der Waals surface area contributed by atoms with Crippen LogP contribution in [0.25, 0.3) is 0 Å². The summed E-state index contributed by atoms with van der Waals surface area (Å²) in [6.45, 7) is 2.59. The topological polar surface area (TPSA) is 26.3 Å². The molecule has 0 aliphatic carbocycles. The maximum Gasteiger partial charge on any atom is 0.344 e. The number of rotatable bonds is 4. The van der Waals surface area contributed by atoms with Gasteiger partial charge in [-0.05, 0) is 54.2 Å². The third kappa shape index (κ3) is 6.43. The number of esters is 1. The van der Waals surface area contributed by atoms with Crippen LogP contribution in [-0.4, -0.2) is 14.7 Å². The zero-order valence-corrected chi connectivity index (χ0v) is 11.5. The van der Waals surface area contributed by atoms with E-state index >= 15 is 0 Å². The van der Waals surface area contributed by atoms with E-state index in [1.807, 2.05) is 0 Å². The van der Waals surface area contributed by atoms with E-state index in [0.717, 1.165) is 19.3 Å². The van der Waals surface area contributed by atoms with Crippen molar-refractivity contribution in [1.82, 2.24) is 0 Å². The lowest BCUT2D eigenvalue weighted by molar-refractivity contribution is -0.141. The van der Waals surface area contributed by atoms with Crippen molar-refractivity contribution in [3.63, 3.8) is 0 Å². The molecule has 0 aromatic rings. The summed E-state index contributed by atoms with van der Waals surface area (Å²) < 4.78 is 4.01. The van der Waals surface area contributed by atoms with Gasteiger partial charge in [0.15, 0.2) is 0 Å². The summed E-state index contributed by atoms with van der Waals surface area (Å²) in [7, 11) is 0. The van der Waals surface area contributed by atoms with Gasteiger partial charge in [0.05, 0.1) is 6.61 Å². The lowest BCUT2D eigenvalue weighted by atomic mass is 10.3. The number of unbranched alkanes of at least 4 members (excludes halogenated alkanes) is 2. The van der Waals surface area contributed by atoms with E-state index in [9.17, 15) is 4.79 Å². The predicted octanol–water partition coefficient (Wildman–Crippen LogP) is 3.56. The van der Waals surface area contributed by atoms with Crippen molar-refractivity contribution in [2.24, 2.45) is 0 Å². The van der Waals surface area contributed by atoms with Crippen molar-refractivity contribution in [2.75, 3.05) is 6.61 Å². The first-order valence-electron chi connectivity index (χ1n) is 3.72. The van der Waals surface area contributed by atoms with E-state index in [1.165, 1.54) is 0 Å². The molecule has 0 spiro atoms. The SMILES string of the molecule is CCCCCOC(=O)C(Br)(Br)Br. The molecule has 0 heterocycles. The molecule has 0 amide bonds. The molecule has 72 valence electrons. The van der Waals surface area contributed by atoms with Gasteiger partial charge in [-0.15, -0.1) is 0 Å². The highest BCUT2D eigenvalue weighted by atomic mass is 80.0. The highest BCUT2D eigenvalue weighted by Gasteiger charge is 2.30. The molecule has 12 heavy (non-hydrogen) atoms. The number of hydrogen-bond donors (Lipinski definition) is 0. The number of carbonyl (C=O) groups excluding carboxylic acids is 1. The standard InChI is InChI=1S/C7H11Br3O2/c1-2-3-4-5-12-6(11)7(8,9)10/h2-5H2,1H3. The van der Waals surface area contributed by atoms with Crippen LogP contribution >= 0.6 is 47.8 Å². The van der Waals surface area contributed by atoms with Crippen molar-refractivity contribution in [3.05, 3.63) is 0 Å². The third-order valence-electron chi connectivity index (χ3n) is 1.21. The summed E-state index contributed by atoms with van der Waals surface area (Å²) >= 11 is 9.22. The Bertz CT molecular complexity index is 142. The Hall–Kier alpha value is 0.910. The van der Waals surface area contributed by atoms with Crippen LogP contribution in [-0.2, 0) is 9.53 Å². The van der Waals surface area contributed by atoms with E-state index in [1.54, 1.807) is 0 Å². The molecule has 0 unspecified atom stereocenters. The summed E-state index contributed by atoms with van der Waals surface area (Å²) in [5, 5.41) is 0. The molecular formula is C7H11Br3O2. The van der Waals surface area contributed by atoms with E-state index in [-0.39, 0.29) is 5.97 Å². The second kappa shape index (κ2) is 6.38. The Morgan fingerprint density at radius 3 is 2.33 bits per heavy atom. The minimum absolute atomic E-state index is 0.349. The molecule has 0 aromatic carbocycles. The third-order valence-corrected chi connectivity index (χ3v) is 2.18. The van der Waals surface area contributed by atoms with E-state index in [4.69, 9.17) is 4.74 Å². The Labute approximate surface area is 97.8 Å². The van der Waals surface area contributed by atoms with E-state index in [2.05, 4.69) is 54.7 Å². The molecule has 0 fully saturated rings. The van der Waals surface area contributed by atoms with Gasteiger partial charge in [0.25, 0.3) is 0 Å². The minimum Gasteiger partial charge on any atom is -0.463 e. The van der Waals surface area contributed by atoms with Crippen molar-refractivity contribution in [1.29, 1.82) is 0 Å². The van der Waals surface area contributed by atoms with Crippen LogP contribution in [0.2, 0.25) is 0 Å². The summed E-state index contributed by atoms with van der Waals surface area (Å²) in [6.07, 6.45) is 3.14. The number of alkyl halides is 3. The summed E-state index contributed by atoms with van der Waals surface area (Å²) in [6, 6.07) is 0. The molecule has 0 aromatic heterocycles. The van der Waals surface area contributed by atoms with Gasteiger partial charge in [-0.1, -0.05) is 19.8 Å². The van der Waals surface area contributed by atoms with Gasteiger partial charge in [-0.2, -0.15) is 0 Å². The zero-order valence-electron chi connectivity index (χ0n) is 6.78. The van der Waals surface area contributed by atoms with Gasteiger partial charge in [-0.3, -0.25) is 0 Å². The largest absolute Gasteiger partial charge is 0.463 e. The van der Waals surface area contributed by atoms with Gasteiger partial charge >= 0.3 is 5.97 Å². The Kier molecular flexibility index (Phi) is 6.86. The fourth-order valence-corrected chi connectivity index (χ4v) is 0.942. The van der Waals surface area contributed by atoms with Crippen molar-refractivity contribution < 1.29 is 9.53 Å². The fraction of sp³-hybridized carbons (Fsp3) is 0.857. The molecule has 0 N–H and O–H groups in total. The first-order valence-corrected chi connectivity index (χ1v) is 6.10. The van der Waals surface area contributed by atoms with E-state index < -0.39 is 2.14 Å². The Morgan fingerprint density at radius 2 is 1.92 bits per heavy atom. The highest BCUT2D eigenvalue weighted by molar-refractivity contribution is 9.40. The van der Waals surface area contributed by atoms with Crippen LogP contribution in [0.4, 0.5) is 0 Å². The first-order chi connectivity index (χ1) is 5.48. The average molecular weight is 367 g/mol. The normalized spacial score (nSPS) is 11.3. The van der Waals surface area contributed by atoms with Crippen LogP contribution < -0.4 is 0 Å². The van der Waals surface area contributed by atoms with Gasteiger partial charge in [-0.25, -0.2) is 4.79 Å².